The second kappa shape index (κ2) is 4.57. The van der Waals surface area contributed by atoms with Gasteiger partial charge in [0.2, 0.25) is 0 Å². The number of rotatable bonds is 0. The lowest BCUT2D eigenvalue weighted by Gasteiger charge is -2.60. The van der Waals surface area contributed by atoms with Gasteiger partial charge in [-0.05, 0) is 79.4 Å². The Morgan fingerprint density at radius 1 is 0.952 bits per heavy atom. The van der Waals surface area contributed by atoms with Gasteiger partial charge >= 0.3 is 0 Å². The molecule has 0 aromatic heterocycles. The van der Waals surface area contributed by atoms with Gasteiger partial charge in [0.15, 0.2) is 0 Å². The summed E-state index contributed by atoms with van der Waals surface area (Å²) >= 11 is 0. The van der Waals surface area contributed by atoms with Gasteiger partial charge in [-0.1, -0.05) is 13.8 Å². The number of carbonyl (C=O) groups excluding carboxylic acids is 1. The van der Waals surface area contributed by atoms with Crippen molar-refractivity contribution in [2.75, 3.05) is 0 Å². The van der Waals surface area contributed by atoms with Crippen LogP contribution in [0.3, 0.4) is 0 Å². The number of hydrogen-bond donors (Lipinski definition) is 1. The van der Waals surface area contributed by atoms with Crippen LogP contribution in [0.2, 0.25) is 0 Å². The van der Waals surface area contributed by atoms with Gasteiger partial charge in [-0.25, -0.2) is 0 Å². The Labute approximate surface area is 128 Å². The molecule has 0 aromatic carbocycles. The van der Waals surface area contributed by atoms with Crippen LogP contribution in [0.25, 0.3) is 0 Å². The molecule has 2 nitrogen and oxygen atoms in total. The molecule has 0 saturated heterocycles. The van der Waals surface area contributed by atoms with Crippen molar-refractivity contribution in [1.82, 2.24) is 0 Å². The topological polar surface area (TPSA) is 37.3 Å². The zero-order valence-corrected chi connectivity index (χ0v) is 13.6. The van der Waals surface area contributed by atoms with Gasteiger partial charge in [-0.15, -0.1) is 0 Å². The molecule has 0 bridgehead atoms. The highest BCUT2D eigenvalue weighted by Crippen LogP contribution is 2.65. The minimum absolute atomic E-state index is 0.0677. The number of hydrogen-bond acceptors (Lipinski definition) is 2. The summed E-state index contributed by atoms with van der Waals surface area (Å²) in [6, 6.07) is 0. The fraction of sp³-hybridized carbons (Fsp3) is 0.947. The molecule has 0 amide bonds. The van der Waals surface area contributed by atoms with Gasteiger partial charge in [-0.3, -0.25) is 4.79 Å². The number of Topliss-reactive ketones (excluding diaryl/α,β-unsaturated/α-hetero) is 1. The van der Waals surface area contributed by atoms with E-state index in [2.05, 4.69) is 13.8 Å². The molecule has 4 aliphatic rings. The van der Waals surface area contributed by atoms with E-state index in [9.17, 15) is 9.90 Å². The smallest absolute Gasteiger partial charge is 0.133 e. The minimum atomic E-state index is -0.0677. The predicted molar refractivity (Wildman–Crippen MR) is 82.7 cm³/mol. The molecule has 4 fully saturated rings. The van der Waals surface area contributed by atoms with E-state index in [1.54, 1.807) is 0 Å². The first-order chi connectivity index (χ1) is 9.95. The zero-order chi connectivity index (χ0) is 14.8. The summed E-state index contributed by atoms with van der Waals surface area (Å²) in [6.45, 7) is 4.85. The Morgan fingerprint density at radius 2 is 1.71 bits per heavy atom. The third-order valence-electron chi connectivity index (χ3n) is 8.43. The summed E-state index contributed by atoms with van der Waals surface area (Å²) in [6.07, 6.45) is 10.0. The predicted octanol–water partition coefficient (Wildman–Crippen LogP) is 3.96. The third-order valence-corrected chi connectivity index (χ3v) is 8.43. The Balaban J connectivity index is 1.64. The standard InChI is InChI=1S/C19H30O2/c1-18-9-7-13(20)11-12(18)3-4-14-15-5-6-17(21)19(15,2)10-8-16(14)18/h12,14-17,21H,3-11H2,1-2H3/t12-,14-,15+,16-,17+,18+,19+/m0/s1. The SMILES string of the molecule is C[C@@]12CC[C@H]3[C@@H](CC[C@H]4CC(=O)CC[C@]43C)[C@H]1CC[C@H]2O. The van der Waals surface area contributed by atoms with Crippen LogP contribution in [0, 0.1) is 34.5 Å². The van der Waals surface area contributed by atoms with E-state index in [1.807, 2.05) is 0 Å². The van der Waals surface area contributed by atoms with Crippen molar-refractivity contribution in [2.24, 2.45) is 34.5 Å². The summed E-state index contributed by atoms with van der Waals surface area (Å²) in [5.74, 6) is 3.52. The molecular weight excluding hydrogens is 260 g/mol. The molecule has 118 valence electrons. The molecule has 0 unspecified atom stereocenters. The van der Waals surface area contributed by atoms with E-state index in [-0.39, 0.29) is 11.5 Å². The van der Waals surface area contributed by atoms with Gasteiger partial charge in [0, 0.05) is 12.8 Å². The quantitative estimate of drug-likeness (QED) is 0.733. The van der Waals surface area contributed by atoms with Gasteiger partial charge in [-0.2, -0.15) is 0 Å². The number of carbonyl (C=O) groups is 1. The molecule has 2 heteroatoms. The van der Waals surface area contributed by atoms with Gasteiger partial charge in [0.05, 0.1) is 6.10 Å². The third kappa shape index (κ3) is 1.84. The van der Waals surface area contributed by atoms with Crippen LogP contribution in [0.15, 0.2) is 0 Å². The van der Waals surface area contributed by atoms with E-state index in [1.165, 1.54) is 32.1 Å². The number of ketones is 1. The maximum absolute atomic E-state index is 11.9. The molecular formula is C19H30O2. The molecule has 0 aromatic rings. The monoisotopic (exact) mass is 290 g/mol. The maximum Gasteiger partial charge on any atom is 0.133 e. The lowest BCUT2D eigenvalue weighted by Crippen LogP contribution is -2.54. The molecule has 1 N–H and O–H groups in total. The van der Waals surface area contributed by atoms with Gasteiger partial charge < -0.3 is 5.11 Å². The first kappa shape index (κ1) is 14.2. The highest BCUT2D eigenvalue weighted by Gasteiger charge is 2.59. The van der Waals surface area contributed by atoms with E-state index < -0.39 is 0 Å². The second-order valence-electron chi connectivity index (χ2n) is 9.04. The van der Waals surface area contributed by atoms with Gasteiger partial charge in [0.25, 0.3) is 0 Å². The highest BCUT2D eigenvalue weighted by atomic mass is 16.3. The largest absolute Gasteiger partial charge is 0.393 e. The highest BCUT2D eigenvalue weighted by molar-refractivity contribution is 5.79. The zero-order valence-electron chi connectivity index (χ0n) is 13.6. The minimum Gasteiger partial charge on any atom is -0.393 e. The summed E-state index contributed by atoms with van der Waals surface area (Å²) in [7, 11) is 0. The van der Waals surface area contributed by atoms with Crippen LogP contribution in [0.5, 0.6) is 0 Å². The van der Waals surface area contributed by atoms with Crippen LogP contribution in [-0.4, -0.2) is 17.0 Å². The van der Waals surface area contributed by atoms with Crippen LogP contribution < -0.4 is 0 Å². The Hall–Kier alpha value is -0.370. The van der Waals surface area contributed by atoms with Crippen molar-refractivity contribution in [3.8, 4) is 0 Å². The Bertz CT molecular complexity index is 458. The average Bonchev–Trinajstić information content (AvgIpc) is 2.76. The van der Waals surface area contributed by atoms with E-state index in [4.69, 9.17) is 0 Å². The summed E-state index contributed by atoms with van der Waals surface area (Å²) in [4.78, 5) is 11.9. The second-order valence-corrected chi connectivity index (χ2v) is 9.04. The van der Waals surface area contributed by atoms with Crippen molar-refractivity contribution in [1.29, 1.82) is 0 Å². The maximum atomic E-state index is 11.9. The number of aliphatic hydroxyl groups excluding tert-OH is 1. The van der Waals surface area contributed by atoms with Crippen LogP contribution >= 0.6 is 0 Å². The molecule has 4 rings (SSSR count). The normalized spacial score (nSPS) is 56.5. The Morgan fingerprint density at radius 3 is 2.52 bits per heavy atom. The van der Waals surface area contributed by atoms with Gasteiger partial charge in [0.1, 0.15) is 5.78 Å². The molecule has 4 saturated carbocycles. The molecule has 7 atom stereocenters. The molecule has 0 heterocycles. The van der Waals surface area contributed by atoms with Crippen molar-refractivity contribution in [3.05, 3.63) is 0 Å². The van der Waals surface area contributed by atoms with E-state index in [0.29, 0.717) is 17.1 Å². The number of aliphatic hydroxyl groups is 1. The van der Waals surface area contributed by atoms with Crippen LogP contribution in [0.1, 0.15) is 71.6 Å². The number of fused-ring (bicyclic) bond motifs is 5. The van der Waals surface area contributed by atoms with E-state index >= 15 is 0 Å². The summed E-state index contributed by atoms with van der Waals surface area (Å²) < 4.78 is 0. The Kier molecular flexibility index (Phi) is 3.10. The van der Waals surface area contributed by atoms with E-state index in [0.717, 1.165) is 43.4 Å². The summed E-state index contributed by atoms with van der Waals surface area (Å²) in [5.41, 5.74) is 0.598. The first-order valence-corrected chi connectivity index (χ1v) is 9.15. The summed E-state index contributed by atoms with van der Waals surface area (Å²) in [5, 5.41) is 10.5. The van der Waals surface area contributed by atoms with Crippen LogP contribution in [0.4, 0.5) is 0 Å². The molecule has 4 aliphatic carbocycles. The lowest BCUT2D eigenvalue weighted by molar-refractivity contribution is -0.141. The molecule has 21 heavy (non-hydrogen) atoms. The van der Waals surface area contributed by atoms with Crippen molar-refractivity contribution in [3.63, 3.8) is 0 Å². The van der Waals surface area contributed by atoms with Crippen molar-refractivity contribution in [2.45, 2.75) is 77.7 Å². The fourth-order valence-corrected chi connectivity index (χ4v) is 7.02. The molecule has 0 spiro atoms. The lowest BCUT2D eigenvalue weighted by atomic mass is 9.45. The average molecular weight is 290 g/mol. The van der Waals surface area contributed by atoms with Crippen LogP contribution in [-0.2, 0) is 4.79 Å². The van der Waals surface area contributed by atoms with Crippen molar-refractivity contribution < 1.29 is 9.90 Å². The van der Waals surface area contributed by atoms with Crippen molar-refractivity contribution >= 4 is 5.78 Å². The first-order valence-electron chi connectivity index (χ1n) is 9.15. The molecule has 0 aliphatic heterocycles. The fourth-order valence-electron chi connectivity index (χ4n) is 7.02. The molecule has 0 radical (unpaired) electrons.